The van der Waals surface area contributed by atoms with E-state index in [1.807, 2.05) is 6.07 Å². The Labute approximate surface area is 136 Å². The van der Waals surface area contributed by atoms with Gasteiger partial charge in [-0.15, -0.1) is 0 Å². The summed E-state index contributed by atoms with van der Waals surface area (Å²) in [5.74, 6) is -0.213. The van der Waals surface area contributed by atoms with Crippen LogP contribution in [0.25, 0.3) is 0 Å². The van der Waals surface area contributed by atoms with Crippen LogP contribution in [0.4, 0.5) is 4.39 Å². The van der Waals surface area contributed by atoms with E-state index in [-0.39, 0.29) is 11.7 Å². The summed E-state index contributed by atoms with van der Waals surface area (Å²) in [5, 5.41) is 0. The van der Waals surface area contributed by atoms with Crippen molar-refractivity contribution in [2.45, 2.75) is 6.54 Å². The minimum atomic E-state index is -0.203. The molecule has 1 aliphatic rings. The van der Waals surface area contributed by atoms with E-state index >= 15 is 0 Å². The van der Waals surface area contributed by atoms with Crippen LogP contribution in [-0.2, 0) is 6.54 Å². The molecule has 0 bridgehead atoms. The molecular weight excluding hydrogens is 351 g/mol. The van der Waals surface area contributed by atoms with Crippen molar-refractivity contribution < 1.29 is 13.6 Å². The molecule has 1 aromatic carbocycles. The first-order valence-electron chi connectivity index (χ1n) is 7.11. The van der Waals surface area contributed by atoms with Gasteiger partial charge in [-0.25, -0.2) is 4.39 Å². The van der Waals surface area contributed by atoms with Gasteiger partial charge in [0.15, 0.2) is 0 Å². The van der Waals surface area contributed by atoms with Crippen molar-refractivity contribution in [3.05, 3.63) is 58.2 Å². The van der Waals surface area contributed by atoms with Crippen LogP contribution in [0.5, 0.6) is 0 Å². The summed E-state index contributed by atoms with van der Waals surface area (Å²) >= 11 is 3.26. The van der Waals surface area contributed by atoms with Gasteiger partial charge < -0.3 is 9.32 Å². The molecule has 0 N–H and O–H groups in total. The second-order valence-electron chi connectivity index (χ2n) is 5.32. The third-order valence-electron chi connectivity index (χ3n) is 3.84. The minimum Gasteiger partial charge on any atom is -0.472 e. The Morgan fingerprint density at radius 2 is 2.00 bits per heavy atom. The van der Waals surface area contributed by atoms with E-state index in [0.29, 0.717) is 30.8 Å². The van der Waals surface area contributed by atoms with Crippen LogP contribution in [-0.4, -0.2) is 41.9 Å². The zero-order valence-corrected chi connectivity index (χ0v) is 13.6. The molecule has 0 unspecified atom stereocenters. The number of benzene rings is 1. The quantitative estimate of drug-likeness (QED) is 0.837. The molecule has 0 saturated carbocycles. The van der Waals surface area contributed by atoms with Gasteiger partial charge >= 0.3 is 0 Å². The van der Waals surface area contributed by atoms with Crippen molar-refractivity contribution in [3.63, 3.8) is 0 Å². The first-order valence-corrected chi connectivity index (χ1v) is 7.90. The Morgan fingerprint density at radius 3 is 2.64 bits per heavy atom. The maximum Gasteiger partial charge on any atom is 0.257 e. The van der Waals surface area contributed by atoms with Crippen molar-refractivity contribution in [1.29, 1.82) is 0 Å². The highest BCUT2D eigenvalue weighted by Gasteiger charge is 2.23. The lowest BCUT2D eigenvalue weighted by Crippen LogP contribution is -2.48. The Hall–Kier alpha value is -1.66. The van der Waals surface area contributed by atoms with Gasteiger partial charge in [0.05, 0.1) is 11.8 Å². The lowest BCUT2D eigenvalue weighted by atomic mass is 10.1. The smallest absolute Gasteiger partial charge is 0.257 e. The van der Waals surface area contributed by atoms with E-state index < -0.39 is 0 Å². The SMILES string of the molecule is O=C(c1ccoc1)N1CCN(Cc2ccc(Br)cc2F)CC1. The predicted octanol–water partition coefficient (Wildman–Crippen LogP) is 3.14. The summed E-state index contributed by atoms with van der Waals surface area (Å²) in [6.45, 7) is 3.31. The van der Waals surface area contributed by atoms with Crippen LogP contribution in [0.2, 0.25) is 0 Å². The monoisotopic (exact) mass is 366 g/mol. The Balaban J connectivity index is 1.56. The standard InChI is InChI=1S/C16H16BrFN2O2/c17-14-2-1-12(15(18)9-14)10-19-4-6-20(7-5-19)16(21)13-3-8-22-11-13/h1-3,8-9,11H,4-7,10H2. The average Bonchev–Trinajstić information content (AvgIpc) is 3.04. The van der Waals surface area contributed by atoms with Crippen LogP contribution in [0, 0.1) is 5.82 Å². The highest BCUT2D eigenvalue weighted by Crippen LogP contribution is 2.18. The Bertz CT molecular complexity index is 652. The molecule has 1 aliphatic heterocycles. The van der Waals surface area contributed by atoms with Crippen LogP contribution in [0.3, 0.4) is 0 Å². The summed E-state index contributed by atoms with van der Waals surface area (Å²) in [7, 11) is 0. The van der Waals surface area contributed by atoms with Gasteiger partial charge in [0.25, 0.3) is 5.91 Å². The minimum absolute atomic E-state index is 0.0109. The van der Waals surface area contributed by atoms with Gasteiger partial charge in [0.1, 0.15) is 12.1 Å². The zero-order valence-electron chi connectivity index (χ0n) is 12.0. The van der Waals surface area contributed by atoms with E-state index in [0.717, 1.165) is 17.6 Å². The number of nitrogens with zero attached hydrogens (tertiary/aromatic N) is 2. The van der Waals surface area contributed by atoms with E-state index in [1.54, 1.807) is 17.0 Å². The van der Waals surface area contributed by atoms with Crippen molar-refractivity contribution in [3.8, 4) is 0 Å². The van der Waals surface area contributed by atoms with Crippen LogP contribution < -0.4 is 0 Å². The van der Waals surface area contributed by atoms with Crippen molar-refractivity contribution in [2.75, 3.05) is 26.2 Å². The topological polar surface area (TPSA) is 36.7 Å². The number of furan rings is 1. The van der Waals surface area contributed by atoms with Gasteiger partial charge in [-0.05, 0) is 18.2 Å². The molecule has 1 saturated heterocycles. The first-order chi connectivity index (χ1) is 10.6. The van der Waals surface area contributed by atoms with Crippen molar-refractivity contribution in [1.82, 2.24) is 9.80 Å². The van der Waals surface area contributed by atoms with E-state index in [4.69, 9.17) is 4.42 Å². The fourth-order valence-electron chi connectivity index (χ4n) is 2.57. The third-order valence-corrected chi connectivity index (χ3v) is 4.33. The van der Waals surface area contributed by atoms with E-state index in [9.17, 15) is 9.18 Å². The summed E-state index contributed by atoms with van der Waals surface area (Å²) < 4.78 is 19.6. The average molecular weight is 367 g/mol. The molecule has 6 heteroatoms. The largest absolute Gasteiger partial charge is 0.472 e. The molecule has 0 radical (unpaired) electrons. The maximum absolute atomic E-state index is 13.9. The summed E-state index contributed by atoms with van der Waals surface area (Å²) in [6, 6.07) is 6.79. The van der Waals surface area contributed by atoms with Crippen molar-refractivity contribution in [2.24, 2.45) is 0 Å². The van der Waals surface area contributed by atoms with Crippen molar-refractivity contribution >= 4 is 21.8 Å². The second-order valence-corrected chi connectivity index (χ2v) is 6.23. The maximum atomic E-state index is 13.9. The molecule has 0 spiro atoms. The van der Waals surface area contributed by atoms with E-state index in [2.05, 4.69) is 20.8 Å². The van der Waals surface area contributed by atoms with Gasteiger partial charge in [0, 0.05) is 42.8 Å². The summed E-state index contributed by atoms with van der Waals surface area (Å²) in [4.78, 5) is 16.2. The van der Waals surface area contributed by atoms with Gasteiger partial charge in [0.2, 0.25) is 0 Å². The number of rotatable bonds is 3. The molecule has 22 heavy (non-hydrogen) atoms. The first kappa shape index (κ1) is 15.2. The fourth-order valence-corrected chi connectivity index (χ4v) is 2.90. The molecular formula is C16H16BrFN2O2. The number of hydrogen-bond donors (Lipinski definition) is 0. The lowest BCUT2D eigenvalue weighted by molar-refractivity contribution is 0.0626. The number of hydrogen-bond acceptors (Lipinski definition) is 3. The highest BCUT2D eigenvalue weighted by molar-refractivity contribution is 9.10. The predicted molar refractivity (Wildman–Crippen MR) is 84.0 cm³/mol. The highest BCUT2D eigenvalue weighted by atomic mass is 79.9. The molecule has 116 valence electrons. The number of carbonyl (C=O) groups is 1. The second kappa shape index (κ2) is 6.62. The molecule has 2 heterocycles. The van der Waals surface area contributed by atoms with Crippen LogP contribution >= 0.6 is 15.9 Å². The molecule has 1 fully saturated rings. The van der Waals surface area contributed by atoms with Gasteiger partial charge in [-0.2, -0.15) is 0 Å². The summed E-state index contributed by atoms with van der Waals surface area (Å²) in [5.41, 5.74) is 1.25. The molecule has 1 amide bonds. The fraction of sp³-hybridized carbons (Fsp3) is 0.312. The number of halogens is 2. The Kier molecular flexibility index (Phi) is 4.59. The van der Waals surface area contributed by atoms with Gasteiger partial charge in [-0.3, -0.25) is 9.69 Å². The third kappa shape index (κ3) is 3.39. The lowest BCUT2D eigenvalue weighted by Gasteiger charge is -2.34. The normalized spacial score (nSPS) is 16.0. The van der Waals surface area contributed by atoms with E-state index in [1.165, 1.54) is 18.6 Å². The molecule has 4 nitrogen and oxygen atoms in total. The number of amides is 1. The molecule has 0 atom stereocenters. The molecule has 0 aliphatic carbocycles. The molecule has 1 aromatic heterocycles. The zero-order chi connectivity index (χ0) is 15.5. The Morgan fingerprint density at radius 1 is 1.23 bits per heavy atom. The number of piperazine rings is 1. The molecule has 3 rings (SSSR count). The van der Waals surface area contributed by atoms with Crippen LogP contribution in [0.1, 0.15) is 15.9 Å². The number of carbonyl (C=O) groups excluding carboxylic acids is 1. The van der Waals surface area contributed by atoms with Gasteiger partial charge in [-0.1, -0.05) is 22.0 Å². The summed E-state index contributed by atoms with van der Waals surface area (Å²) in [6.07, 6.45) is 2.96. The molecule has 2 aromatic rings. The van der Waals surface area contributed by atoms with Crippen LogP contribution in [0.15, 0.2) is 45.7 Å².